The first-order valence-corrected chi connectivity index (χ1v) is 15.0. The Kier molecular flexibility index (Phi) is 11.2. The molecule has 216 valence electrons. The second-order valence-corrected chi connectivity index (χ2v) is 11.4. The highest BCUT2D eigenvalue weighted by atomic mass is 35.5. The standard InChI is InChI=1S/C28H33Cl2N3O6S/c1-37-27(35)24(15-19-7-9-20(10-8-19)39-16-21-22(29)5-4-6-23(21)30)31-26(34)25-17-40-18-33(25)28(36)38-14-13-32-11-2-3-12-32/h4-10,24-25H,2-3,11-18H2,1H3,(H,31,34)/t24-,25+/m0/s1. The summed E-state index contributed by atoms with van der Waals surface area (Å²) in [4.78, 5) is 42.1. The van der Waals surface area contributed by atoms with Crippen LogP contribution in [0.3, 0.4) is 0 Å². The van der Waals surface area contributed by atoms with E-state index in [0.29, 0.717) is 39.5 Å². The van der Waals surface area contributed by atoms with Gasteiger partial charge in [0.15, 0.2) is 0 Å². The van der Waals surface area contributed by atoms with Gasteiger partial charge >= 0.3 is 12.1 Å². The van der Waals surface area contributed by atoms with Gasteiger partial charge in [0.05, 0.1) is 13.0 Å². The third-order valence-corrected chi connectivity index (χ3v) is 8.58. The van der Waals surface area contributed by atoms with Gasteiger partial charge in [0.25, 0.3) is 0 Å². The van der Waals surface area contributed by atoms with Crippen LogP contribution in [0.2, 0.25) is 10.0 Å². The lowest BCUT2D eigenvalue weighted by Crippen LogP contribution is -2.52. The van der Waals surface area contributed by atoms with Crippen LogP contribution >= 0.6 is 35.0 Å². The molecular weight excluding hydrogens is 577 g/mol. The van der Waals surface area contributed by atoms with E-state index < -0.39 is 30.1 Å². The highest BCUT2D eigenvalue weighted by Gasteiger charge is 2.37. The van der Waals surface area contributed by atoms with Crippen LogP contribution in [0.15, 0.2) is 42.5 Å². The number of carbonyl (C=O) groups is 3. The lowest BCUT2D eigenvalue weighted by molar-refractivity contribution is -0.145. The SMILES string of the molecule is COC(=O)[C@H](Cc1ccc(OCc2c(Cl)cccc2Cl)cc1)NC(=O)[C@H]1CSCN1C(=O)OCCN1CCCC1. The topological polar surface area (TPSA) is 97.4 Å². The summed E-state index contributed by atoms with van der Waals surface area (Å²) in [6, 6.07) is 10.8. The van der Waals surface area contributed by atoms with Crippen LogP contribution in [0, 0.1) is 0 Å². The van der Waals surface area contributed by atoms with Crippen molar-refractivity contribution in [2.45, 2.75) is 38.0 Å². The average Bonchev–Trinajstić information content (AvgIpc) is 3.65. The molecule has 0 spiro atoms. The van der Waals surface area contributed by atoms with Crippen molar-refractivity contribution in [3.63, 3.8) is 0 Å². The summed E-state index contributed by atoms with van der Waals surface area (Å²) in [5.41, 5.74) is 1.48. The van der Waals surface area contributed by atoms with Crippen LogP contribution in [0.1, 0.15) is 24.0 Å². The third kappa shape index (κ3) is 8.19. The molecule has 2 aliphatic rings. The molecule has 2 saturated heterocycles. The molecule has 40 heavy (non-hydrogen) atoms. The van der Waals surface area contributed by atoms with Crippen molar-refractivity contribution in [2.75, 3.05) is 45.0 Å². The first-order chi connectivity index (χ1) is 19.4. The number of esters is 1. The van der Waals surface area contributed by atoms with Gasteiger partial charge < -0.3 is 19.5 Å². The van der Waals surface area contributed by atoms with E-state index in [1.54, 1.807) is 42.5 Å². The van der Waals surface area contributed by atoms with Gasteiger partial charge in [-0.05, 0) is 55.8 Å². The number of hydrogen-bond donors (Lipinski definition) is 1. The van der Waals surface area contributed by atoms with Crippen molar-refractivity contribution < 1.29 is 28.6 Å². The van der Waals surface area contributed by atoms with Gasteiger partial charge in [0, 0.05) is 34.3 Å². The number of hydrogen-bond acceptors (Lipinski definition) is 8. The van der Waals surface area contributed by atoms with E-state index in [0.717, 1.165) is 31.5 Å². The monoisotopic (exact) mass is 609 g/mol. The number of nitrogens with zero attached hydrogens (tertiary/aromatic N) is 2. The summed E-state index contributed by atoms with van der Waals surface area (Å²) in [5, 5.41) is 3.82. The minimum Gasteiger partial charge on any atom is -0.489 e. The molecule has 2 aliphatic heterocycles. The lowest BCUT2D eigenvalue weighted by Gasteiger charge is -2.25. The zero-order valence-electron chi connectivity index (χ0n) is 22.3. The van der Waals surface area contributed by atoms with Crippen molar-refractivity contribution in [1.29, 1.82) is 0 Å². The van der Waals surface area contributed by atoms with Crippen LogP contribution in [0.4, 0.5) is 4.79 Å². The molecule has 2 atom stereocenters. The molecule has 0 unspecified atom stereocenters. The molecular formula is C28H33Cl2N3O6S. The largest absolute Gasteiger partial charge is 0.489 e. The molecule has 0 aromatic heterocycles. The minimum atomic E-state index is -0.926. The van der Waals surface area contributed by atoms with Crippen LogP contribution in [0.5, 0.6) is 5.75 Å². The predicted octanol–water partition coefficient (Wildman–Crippen LogP) is 4.38. The molecule has 4 rings (SSSR count). The summed E-state index contributed by atoms with van der Waals surface area (Å²) in [7, 11) is 1.27. The first kappa shape index (κ1) is 30.3. The second kappa shape index (κ2) is 14.8. The maximum atomic E-state index is 13.2. The Hall–Kier alpha value is -2.66. The van der Waals surface area contributed by atoms with Crippen LogP contribution in [0.25, 0.3) is 0 Å². The highest BCUT2D eigenvalue weighted by Crippen LogP contribution is 2.26. The Balaban J connectivity index is 1.31. The van der Waals surface area contributed by atoms with Crippen molar-refractivity contribution in [1.82, 2.24) is 15.1 Å². The van der Waals surface area contributed by atoms with Crippen LogP contribution < -0.4 is 10.1 Å². The second-order valence-electron chi connectivity index (χ2n) is 9.57. The number of halogens is 2. The van der Waals surface area contributed by atoms with E-state index in [-0.39, 0.29) is 19.6 Å². The maximum Gasteiger partial charge on any atom is 0.411 e. The number of rotatable bonds is 11. The molecule has 0 radical (unpaired) electrons. The summed E-state index contributed by atoms with van der Waals surface area (Å²) in [5.74, 6) is 0.369. The Morgan fingerprint density at radius 3 is 2.45 bits per heavy atom. The summed E-state index contributed by atoms with van der Waals surface area (Å²) in [6.07, 6.45) is 2.01. The highest BCUT2D eigenvalue weighted by molar-refractivity contribution is 7.99. The van der Waals surface area contributed by atoms with Crippen molar-refractivity contribution in [2.24, 2.45) is 0 Å². The van der Waals surface area contributed by atoms with E-state index >= 15 is 0 Å². The minimum absolute atomic E-state index is 0.204. The van der Waals surface area contributed by atoms with E-state index in [1.807, 2.05) is 0 Å². The normalized spacial score (nSPS) is 17.9. The van der Waals surface area contributed by atoms with Crippen LogP contribution in [-0.2, 0) is 32.1 Å². The fourth-order valence-corrected chi connectivity index (χ4v) is 6.23. The number of likely N-dealkylation sites (tertiary alicyclic amines) is 1. The molecule has 2 fully saturated rings. The molecule has 2 aromatic rings. The number of thioether (sulfide) groups is 1. The number of carbonyl (C=O) groups excluding carboxylic acids is 3. The van der Waals surface area contributed by atoms with Gasteiger partial charge in [-0.25, -0.2) is 9.59 Å². The van der Waals surface area contributed by atoms with Crippen molar-refractivity contribution in [3.05, 3.63) is 63.6 Å². The van der Waals surface area contributed by atoms with E-state index in [2.05, 4.69) is 10.2 Å². The van der Waals surface area contributed by atoms with Gasteiger partial charge in [0.2, 0.25) is 5.91 Å². The molecule has 1 N–H and O–H groups in total. The summed E-state index contributed by atoms with van der Waals surface area (Å²) >= 11 is 13.9. The van der Waals surface area contributed by atoms with E-state index in [9.17, 15) is 14.4 Å². The Bertz CT molecular complexity index is 1160. The molecule has 2 aromatic carbocycles. The Morgan fingerprint density at radius 1 is 1.07 bits per heavy atom. The first-order valence-electron chi connectivity index (χ1n) is 13.1. The predicted molar refractivity (Wildman–Crippen MR) is 155 cm³/mol. The average molecular weight is 611 g/mol. The Labute approximate surface area is 248 Å². The van der Waals surface area contributed by atoms with E-state index in [4.69, 9.17) is 37.4 Å². The number of ether oxygens (including phenoxy) is 3. The molecule has 12 heteroatoms. The third-order valence-electron chi connectivity index (χ3n) is 6.86. The number of amides is 2. The smallest absolute Gasteiger partial charge is 0.411 e. The number of nitrogens with one attached hydrogen (secondary N) is 1. The molecule has 0 bridgehead atoms. The van der Waals surface area contributed by atoms with Gasteiger partial charge in [0.1, 0.15) is 31.0 Å². The van der Waals surface area contributed by atoms with Crippen molar-refractivity contribution in [3.8, 4) is 5.75 Å². The number of methoxy groups -OCH3 is 1. The summed E-state index contributed by atoms with van der Waals surface area (Å²) < 4.78 is 16.2. The number of benzene rings is 2. The molecule has 9 nitrogen and oxygen atoms in total. The quantitative estimate of drug-likeness (QED) is 0.375. The fraction of sp³-hybridized carbons (Fsp3) is 0.464. The van der Waals surface area contributed by atoms with Gasteiger partial charge in [-0.3, -0.25) is 14.6 Å². The molecule has 2 heterocycles. The van der Waals surface area contributed by atoms with Gasteiger partial charge in [-0.15, -0.1) is 11.8 Å². The van der Waals surface area contributed by atoms with Gasteiger partial charge in [-0.1, -0.05) is 41.4 Å². The lowest BCUT2D eigenvalue weighted by atomic mass is 10.1. The van der Waals surface area contributed by atoms with Gasteiger partial charge in [-0.2, -0.15) is 0 Å². The van der Waals surface area contributed by atoms with Crippen molar-refractivity contribution >= 4 is 52.9 Å². The molecule has 2 amide bonds. The Morgan fingerprint density at radius 2 is 1.77 bits per heavy atom. The molecule has 0 aliphatic carbocycles. The molecule has 0 saturated carbocycles. The zero-order chi connectivity index (χ0) is 28.5. The zero-order valence-corrected chi connectivity index (χ0v) is 24.6. The fourth-order valence-electron chi connectivity index (χ4n) is 4.58. The maximum absolute atomic E-state index is 13.2. The summed E-state index contributed by atoms with van der Waals surface area (Å²) in [6.45, 7) is 3.21. The van der Waals surface area contributed by atoms with Crippen LogP contribution in [-0.4, -0.2) is 84.8 Å². The van der Waals surface area contributed by atoms with E-state index in [1.165, 1.54) is 23.8 Å².